The van der Waals surface area contributed by atoms with E-state index in [0.717, 1.165) is 0 Å². The van der Waals surface area contributed by atoms with E-state index >= 15 is 0 Å². The fraction of sp³-hybridized carbons (Fsp3) is 0.111. The first-order chi connectivity index (χ1) is 17.7. The van der Waals surface area contributed by atoms with Crippen molar-refractivity contribution < 1.29 is 0 Å². The molecule has 0 aliphatic heterocycles. The van der Waals surface area contributed by atoms with E-state index in [4.69, 9.17) is 0 Å². The van der Waals surface area contributed by atoms with Crippen LogP contribution in [0.2, 0.25) is 0 Å². The van der Waals surface area contributed by atoms with Gasteiger partial charge in [0.25, 0.3) is 0 Å². The highest BCUT2D eigenvalue weighted by Gasteiger charge is 2.20. The molecule has 36 heavy (non-hydrogen) atoms. The van der Waals surface area contributed by atoms with Crippen molar-refractivity contribution in [2.24, 2.45) is 0 Å². The lowest BCUT2D eigenvalue weighted by Crippen LogP contribution is -2.00. The van der Waals surface area contributed by atoms with Crippen LogP contribution in [0, 0.1) is 0 Å². The molecule has 0 saturated heterocycles. The summed E-state index contributed by atoms with van der Waals surface area (Å²) in [5.74, 6) is 0.670. The van der Waals surface area contributed by atoms with Gasteiger partial charge in [-0.2, -0.15) is 0 Å². The van der Waals surface area contributed by atoms with Crippen molar-refractivity contribution in [1.82, 2.24) is 0 Å². The zero-order chi connectivity index (χ0) is 24.2. The summed E-state index contributed by atoms with van der Waals surface area (Å²) >= 11 is 0. The molecule has 2 atom stereocenters. The van der Waals surface area contributed by atoms with Crippen LogP contribution >= 0.6 is 0 Å². The average Bonchev–Trinajstić information content (AvgIpc) is 2.95. The van der Waals surface area contributed by atoms with E-state index in [9.17, 15) is 0 Å². The second kappa shape index (κ2) is 8.21. The number of benzene rings is 7. The Morgan fingerprint density at radius 1 is 0.333 bits per heavy atom. The van der Waals surface area contributed by atoms with Crippen LogP contribution in [0.15, 0.2) is 121 Å². The summed E-state index contributed by atoms with van der Waals surface area (Å²) in [4.78, 5) is 0. The number of hydrogen-bond donors (Lipinski definition) is 0. The van der Waals surface area contributed by atoms with Crippen LogP contribution in [0.25, 0.3) is 43.1 Å². The summed E-state index contributed by atoms with van der Waals surface area (Å²) in [7, 11) is 0. The molecule has 0 radical (unpaired) electrons. The van der Waals surface area contributed by atoms with E-state index in [-0.39, 0.29) is 0 Å². The van der Waals surface area contributed by atoms with Crippen molar-refractivity contribution in [2.45, 2.75) is 25.7 Å². The average molecular weight is 461 g/mol. The van der Waals surface area contributed by atoms with E-state index in [1.807, 2.05) is 0 Å². The van der Waals surface area contributed by atoms with Gasteiger partial charge >= 0.3 is 0 Å². The van der Waals surface area contributed by atoms with E-state index < -0.39 is 0 Å². The third-order valence-corrected chi connectivity index (χ3v) is 8.26. The van der Waals surface area contributed by atoms with Gasteiger partial charge in [-0.1, -0.05) is 135 Å². The first-order valence-corrected chi connectivity index (χ1v) is 12.9. The van der Waals surface area contributed by atoms with Crippen LogP contribution in [-0.2, 0) is 0 Å². The fourth-order valence-corrected chi connectivity index (χ4v) is 6.35. The lowest BCUT2D eigenvalue weighted by molar-refractivity contribution is 0.933. The van der Waals surface area contributed by atoms with Crippen LogP contribution in [0.3, 0.4) is 0 Å². The van der Waals surface area contributed by atoms with Crippen molar-refractivity contribution in [3.63, 3.8) is 0 Å². The topological polar surface area (TPSA) is 0 Å². The minimum Gasteiger partial charge on any atom is -0.0622 e. The highest BCUT2D eigenvalue weighted by Crippen LogP contribution is 2.44. The number of rotatable bonds is 4. The predicted molar refractivity (Wildman–Crippen MR) is 156 cm³/mol. The second-order valence-corrected chi connectivity index (χ2v) is 10.1. The first kappa shape index (κ1) is 21.1. The molecule has 0 fully saturated rings. The molecular weight excluding hydrogens is 432 g/mol. The number of hydrogen-bond acceptors (Lipinski definition) is 0. The van der Waals surface area contributed by atoms with Crippen molar-refractivity contribution >= 4 is 43.1 Å². The summed E-state index contributed by atoms with van der Waals surface area (Å²) in [5, 5.41) is 10.9. The lowest BCUT2D eigenvalue weighted by Gasteiger charge is -2.21. The summed E-state index contributed by atoms with van der Waals surface area (Å²) < 4.78 is 0. The monoisotopic (exact) mass is 460 g/mol. The van der Waals surface area contributed by atoms with Gasteiger partial charge in [0.2, 0.25) is 0 Å². The standard InChI is InChI=1S/C36H28/c1-23(25-11-5-3-6-12-25)27-19-21-33-32-18-10-16-30-28(24(2)26-13-7-4-8-14-26)20-22-34(36(30)32)31-17-9-15-29(27)35(31)33/h3-24H,1-2H3. The SMILES string of the molecule is CC(c1ccccc1)c1ccc2c3cccc4c(C(C)c5ccccc5)ccc(c5cccc1c52)c43. The van der Waals surface area contributed by atoms with Crippen LogP contribution in [0.1, 0.15) is 47.9 Å². The minimum absolute atomic E-state index is 0.335. The molecule has 0 aliphatic carbocycles. The maximum absolute atomic E-state index is 2.37. The Balaban J connectivity index is 1.53. The maximum atomic E-state index is 2.37. The molecular formula is C36H28. The molecule has 0 aliphatic rings. The van der Waals surface area contributed by atoms with E-state index in [1.54, 1.807) is 0 Å². The highest BCUT2D eigenvalue weighted by molar-refractivity contribution is 6.33. The molecule has 7 rings (SSSR count). The molecule has 0 spiro atoms. The minimum atomic E-state index is 0.335. The van der Waals surface area contributed by atoms with E-state index in [2.05, 4.69) is 135 Å². The van der Waals surface area contributed by atoms with E-state index in [0.29, 0.717) is 11.8 Å². The van der Waals surface area contributed by atoms with Crippen molar-refractivity contribution in [3.05, 3.63) is 144 Å². The zero-order valence-corrected chi connectivity index (χ0v) is 20.7. The van der Waals surface area contributed by atoms with Crippen molar-refractivity contribution in [2.75, 3.05) is 0 Å². The molecule has 172 valence electrons. The van der Waals surface area contributed by atoms with Crippen molar-refractivity contribution in [1.29, 1.82) is 0 Å². The maximum Gasteiger partial charge on any atom is 0.00671 e. The Kier molecular flexibility index (Phi) is 4.82. The summed E-state index contributed by atoms with van der Waals surface area (Å²) in [6, 6.07) is 44.9. The smallest absolute Gasteiger partial charge is 0.00671 e. The largest absolute Gasteiger partial charge is 0.0622 e. The molecule has 2 unspecified atom stereocenters. The molecule has 0 nitrogen and oxygen atoms in total. The quantitative estimate of drug-likeness (QED) is 0.181. The summed E-state index contributed by atoms with van der Waals surface area (Å²) in [6.07, 6.45) is 0. The summed E-state index contributed by atoms with van der Waals surface area (Å²) in [5.41, 5.74) is 5.51. The molecule has 7 aromatic carbocycles. The van der Waals surface area contributed by atoms with Gasteiger partial charge in [0.15, 0.2) is 0 Å². The highest BCUT2D eigenvalue weighted by atomic mass is 14.2. The van der Waals surface area contributed by atoms with Gasteiger partial charge in [0, 0.05) is 11.8 Å². The van der Waals surface area contributed by atoms with Gasteiger partial charge in [-0.3, -0.25) is 0 Å². The van der Waals surface area contributed by atoms with Gasteiger partial charge in [0.1, 0.15) is 0 Å². The molecule has 7 aromatic rings. The van der Waals surface area contributed by atoms with Gasteiger partial charge < -0.3 is 0 Å². The van der Waals surface area contributed by atoms with Crippen LogP contribution in [0.4, 0.5) is 0 Å². The van der Waals surface area contributed by atoms with Crippen LogP contribution in [0.5, 0.6) is 0 Å². The van der Waals surface area contributed by atoms with Gasteiger partial charge in [0.05, 0.1) is 0 Å². The van der Waals surface area contributed by atoms with Gasteiger partial charge in [-0.25, -0.2) is 0 Å². The molecule has 0 amide bonds. The second-order valence-electron chi connectivity index (χ2n) is 10.1. The Morgan fingerprint density at radius 3 is 1.11 bits per heavy atom. The Labute approximate surface area is 212 Å². The fourth-order valence-electron chi connectivity index (χ4n) is 6.35. The Hall–Kier alpha value is -4.16. The molecule has 0 saturated carbocycles. The normalized spacial score (nSPS) is 13.6. The molecule has 0 bridgehead atoms. The van der Waals surface area contributed by atoms with Crippen molar-refractivity contribution in [3.8, 4) is 0 Å². The Bertz CT molecular complexity index is 1690. The van der Waals surface area contributed by atoms with E-state index in [1.165, 1.54) is 65.3 Å². The molecule has 0 N–H and O–H groups in total. The van der Waals surface area contributed by atoms with Crippen LogP contribution < -0.4 is 0 Å². The molecule has 0 aromatic heterocycles. The first-order valence-electron chi connectivity index (χ1n) is 12.9. The third kappa shape index (κ3) is 3.08. The summed E-state index contributed by atoms with van der Waals surface area (Å²) in [6.45, 7) is 4.66. The molecule has 0 heteroatoms. The van der Waals surface area contributed by atoms with Gasteiger partial charge in [-0.05, 0) is 65.3 Å². The third-order valence-electron chi connectivity index (χ3n) is 8.26. The Morgan fingerprint density at radius 2 is 0.694 bits per heavy atom. The number of fused-ring (bicyclic) bond motifs is 2. The van der Waals surface area contributed by atoms with Gasteiger partial charge in [-0.15, -0.1) is 0 Å². The predicted octanol–water partition coefficient (Wildman–Crippen LogP) is 10.0. The lowest BCUT2D eigenvalue weighted by atomic mass is 9.82. The zero-order valence-electron chi connectivity index (χ0n) is 20.7. The molecule has 0 heterocycles. The van der Waals surface area contributed by atoms with Crippen LogP contribution in [-0.4, -0.2) is 0 Å².